The van der Waals surface area contributed by atoms with Gasteiger partial charge in [-0.15, -0.1) is 0 Å². The van der Waals surface area contributed by atoms with Crippen molar-refractivity contribution in [1.82, 2.24) is 9.80 Å². The molecule has 1 heterocycles. The van der Waals surface area contributed by atoms with Crippen LogP contribution >= 0.6 is 0 Å². The standard InChI is InChI=1S/C19H30N2O/c1-15(2)17(16-9-7-6-8-10-16)18(22)20-11-13-21(14-12-20)19(3,4)5/h6-10,15,17H,11-14H2,1-5H3. The number of piperazine rings is 1. The molecule has 122 valence electrons. The Morgan fingerprint density at radius 3 is 2.00 bits per heavy atom. The molecular formula is C19H30N2O. The highest BCUT2D eigenvalue weighted by Crippen LogP contribution is 2.27. The molecule has 1 aromatic rings. The number of benzene rings is 1. The molecule has 3 nitrogen and oxygen atoms in total. The van der Waals surface area contributed by atoms with Crippen LogP contribution in [0.1, 0.15) is 46.1 Å². The van der Waals surface area contributed by atoms with Crippen molar-refractivity contribution in [2.75, 3.05) is 26.2 Å². The lowest BCUT2D eigenvalue weighted by Crippen LogP contribution is -2.55. The summed E-state index contributed by atoms with van der Waals surface area (Å²) in [6.07, 6.45) is 0. The first-order chi connectivity index (χ1) is 10.3. The van der Waals surface area contributed by atoms with Gasteiger partial charge >= 0.3 is 0 Å². The highest BCUT2D eigenvalue weighted by Gasteiger charge is 2.32. The average Bonchev–Trinajstić information content (AvgIpc) is 2.47. The van der Waals surface area contributed by atoms with Crippen molar-refractivity contribution in [1.29, 1.82) is 0 Å². The molecule has 0 N–H and O–H groups in total. The molecule has 0 bridgehead atoms. The summed E-state index contributed by atoms with van der Waals surface area (Å²) in [7, 11) is 0. The molecule has 22 heavy (non-hydrogen) atoms. The van der Waals surface area contributed by atoms with Crippen LogP contribution in [0.4, 0.5) is 0 Å². The van der Waals surface area contributed by atoms with E-state index in [2.05, 4.69) is 56.6 Å². The molecule has 0 radical (unpaired) electrons. The first-order valence-electron chi connectivity index (χ1n) is 8.39. The van der Waals surface area contributed by atoms with Gasteiger partial charge in [0.25, 0.3) is 0 Å². The maximum atomic E-state index is 13.0. The third kappa shape index (κ3) is 3.89. The molecule has 3 heteroatoms. The van der Waals surface area contributed by atoms with Gasteiger partial charge in [-0.05, 0) is 32.3 Å². The van der Waals surface area contributed by atoms with E-state index in [1.165, 1.54) is 0 Å². The normalized spacial score (nSPS) is 18.5. The molecule has 0 spiro atoms. The summed E-state index contributed by atoms with van der Waals surface area (Å²) in [5.74, 6) is 0.577. The van der Waals surface area contributed by atoms with Crippen molar-refractivity contribution < 1.29 is 4.79 Å². The zero-order chi connectivity index (χ0) is 16.3. The molecule has 1 fully saturated rings. The van der Waals surface area contributed by atoms with Crippen LogP contribution in [0.15, 0.2) is 30.3 Å². The molecule has 0 saturated carbocycles. The van der Waals surface area contributed by atoms with E-state index in [1.54, 1.807) is 0 Å². The number of rotatable bonds is 3. The topological polar surface area (TPSA) is 23.6 Å². The van der Waals surface area contributed by atoms with E-state index in [0.717, 1.165) is 31.7 Å². The number of carbonyl (C=O) groups excluding carboxylic acids is 1. The van der Waals surface area contributed by atoms with Gasteiger partial charge in [-0.1, -0.05) is 44.2 Å². The number of carbonyl (C=O) groups is 1. The minimum Gasteiger partial charge on any atom is -0.340 e. The lowest BCUT2D eigenvalue weighted by atomic mass is 9.87. The summed E-state index contributed by atoms with van der Waals surface area (Å²) < 4.78 is 0. The number of amides is 1. The molecule has 1 aliphatic rings. The Balaban J connectivity index is 2.07. The Morgan fingerprint density at radius 2 is 1.55 bits per heavy atom. The quantitative estimate of drug-likeness (QED) is 0.854. The van der Waals surface area contributed by atoms with Crippen molar-refractivity contribution >= 4 is 5.91 Å². The zero-order valence-electron chi connectivity index (χ0n) is 14.7. The van der Waals surface area contributed by atoms with Gasteiger partial charge in [0.1, 0.15) is 0 Å². The van der Waals surface area contributed by atoms with E-state index in [9.17, 15) is 4.79 Å². The van der Waals surface area contributed by atoms with Gasteiger partial charge in [0, 0.05) is 31.7 Å². The van der Waals surface area contributed by atoms with E-state index in [-0.39, 0.29) is 17.4 Å². The minimum atomic E-state index is -0.0256. The van der Waals surface area contributed by atoms with Gasteiger partial charge in [0.05, 0.1) is 5.92 Å². The maximum Gasteiger partial charge on any atom is 0.230 e. The molecule has 1 atom stereocenters. The highest BCUT2D eigenvalue weighted by molar-refractivity contribution is 5.84. The van der Waals surface area contributed by atoms with Gasteiger partial charge < -0.3 is 4.90 Å². The summed E-state index contributed by atoms with van der Waals surface area (Å²) in [6.45, 7) is 14.6. The van der Waals surface area contributed by atoms with Crippen LogP contribution in [0, 0.1) is 5.92 Å². The summed E-state index contributed by atoms with van der Waals surface area (Å²) in [5.41, 5.74) is 1.33. The molecule has 1 saturated heterocycles. The fourth-order valence-corrected chi connectivity index (χ4v) is 3.27. The fraction of sp³-hybridized carbons (Fsp3) is 0.632. The molecule has 2 rings (SSSR count). The van der Waals surface area contributed by atoms with Crippen molar-refractivity contribution in [3.8, 4) is 0 Å². The first kappa shape index (κ1) is 17.0. The summed E-state index contributed by atoms with van der Waals surface area (Å²) >= 11 is 0. The molecule has 1 amide bonds. The first-order valence-corrected chi connectivity index (χ1v) is 8.39. The van der Waals surface area contributed by atoms with Crippen molar-refractivity contribution in [2.45, 2.75) is 46.1 Å². The van der Waals surface area contributed by atoms with Crippen LogP contribution in [0.5, 0.6) is 0 Å². The predicted molar refractivity (Wildman–Crippen MR) is 91.9 cm³/mol. The Kier molecular flexibility index (Phi) is 5.28. The van der Waals surface area contributed by atoms with E-state index in [1.807, 2.05) is 18.2 Å². The monoisotopic (exact) mass is 302 g/mol. The second-order valence-electron chi connectivity index (χ2n) is 7.62. The maximum absolute atomic E-state index is 13.0. The second kappa shape index (κ2) is 6.82. The van der Waals surface area contributed by atoms with Gasteiger partial charge in [-0.3, -0.25) is 9.69 Å². The number of hydrogen-bond acceptors (Lipinski definition) is 2. The van der Waals surface area contributed by atoms with Gasteiger partial charge in [0.2, 0.25) is 5.91 Å². The predicted octanol–water partition coefficient (Wildman–Crippen LogP) is 3.37. The Labute approximate surface area is 135 Å². The molecular weight excluding hydrogens is 272 g/mol. The van der Waals surface area contributed by atoms with Crippen LogP contribution in [-0.4, -0.2) is 47.4 Å². The van der Waals surface area contributed by atoms with Gasteiger partial charge in [0.15, 0.2) is 0 Å². The van der Waals surface area contributed by atoms with E-state index in [4.69, 9.17) is 0 Å². The summed E-state index contributed by atoms with van der Waals surface area (Å²) in [6, 6.07) is 10.2. The molecule has 0 aliphatic carbocycles. The molecule has 1 aliphatic heterocycles. The lowest BCUT2D eigenvalue weighted by molar-refractivity contribution is -0.136. The third-order valence-electron chi connectivity index (χ3n) is 4.63. The largest absolute Gasteiger partial charge is 0.340 e. The van der Waals surface area contributed by atoms with Crippen LogP contribution in [0.2, 0.25) is 0 Å². The smallest absolute Gasteiger partial charge is 0.230 e. The van der Waals surface area contributed by atoms with E-state index < -0.39 is 0 Å². The SMILES string of the molecule is CC(C)C(C(=O)N1CCN(C(C)(C)C)CC1)c1ccccc1. The van der Waals surface area contributed by atoms with Crippen LogP contribution in [0.3, 0.4) is 0 Å². The minimum absolute atomic E-state index is 0.0256. The van der Waals surface area contributed by atoms with Crippen LogP contribution < -0.4 is 0 Å². The third-order valence-corrected chi connectivity index (χ3v) is 4.63. The Hall–Kier alpha value is -1.35. The van der Waals surface area contributed by atoms with Crippen molar-refractivity contribution in [2.24, 2.45) is 5.92 Å². The average molecular weight is 302 g/mol. The lowest BCUT2D eigenvalue weighted by Gasteiger charge is -2.43. The van der Waals surface area contributed by atoms with Gasteiger partial charge in [-0.2, -0.15) is 0 Å². The Bertz CT molecular complexity index is 482. The van der Waals surface area contributed by atoms with Crippen LogP contribution in [-0.2, 0) is 4.79 Å². The number of nitrogens with zero attached hydrogens (tertiary/aromatic N) is 2. The zero-order valence-corrected chi connectivity index (χ0v) is 14.7. The highest BCUT2D eigenvalue weighted by atomic mass is 16.2. The molecule has 1 unspecified atom stereocenters. The van der Waals surface area contributed by atoms with E-state index in [0.29, 0.717) is 5.92 Å². The molecule has 1 aromatic carbocycles. The fourth-order valence-electron chi connectivity index (χ4n) is 3.27. The Morgan fingerprint density at radius 1 is 1.00 bits per heavy atom. The number of hydrogen-bond donors (Lipinski definition) is 0. The van der Waals surface area contributed by atoms with Crippen LogP contribution in [0.25, 0.3) is 0 Å². The summed E-state index contributed by atoms with van der Waals surface area (Å²) in [4.78, 5) is 17.5. The van der Waals surface area contributed by atoms with E-state index >= 15 is 0 Å². The molecule has 0 aromatic heterocycles. The van der Waals surface area contributed by atoms with Gasteiger partial charge in [-0.25, -0.2) is 0 Å². The van der Waals surface area contributed by atoms with Crippen molar-refractivity contribution in [3.05, 3.63) is 35.9 Å². The summed E-state index contributed by atoms with van der Waals surface area (Å²) in [5, 5.41) is 0. The van der Waals surface area contributed by atoms with Crippen molar-refractivity contribution in [3.63, 3.8) is 0 Å². The second-order valence-corrected chi connectivity index (χ2v) is 7.62.